The van der Waals surface area contributed by atoms with E-state index < -0.39 is 0 Å². The molecule has 2 rings (SSSR count). The highest BCUT2D eigenvalue weighted by Crippen LogP contribution is 2.22. The molecule has 0 N–H and O–H groups in total. The summed E-state index contributed by atoms with van der Waals surface area (Å²) in [5.41, 5.74) is 1.89. The largest absolute Gasteiger partial charge is 0.496 e. The molecule has 1 aliphatic heterocycles. The topological polar surface area (TPSA) is 29.5 Å². The molecule has 1 heterocycles. The van der Waals surface area contributed by atoms with Crippen LogP contribution in [-0.2, 0) is 6.42 Å². The van der Waals surface area contributed by atoms with Gasteiger partial charge in [-0.1, -0.05) is 19.8 Å². The van der Waals surface area contributed by atoms with Crippen molar-refractivity contribution < 1.29 is 9.53 Å². The van der Waals surface area contributed by atoms with Crippen LogP contribution >= 0.6 is 0 Å². The highest BCUT2D eigenvalue weighted by molar-refractivity contribution is 5.94. The molecule has 0 spiro atoms. The van der Waals surface area contributed by atoms with E-state index >= 15 is 0 Å². The quantitative estimate of drug-likeness (QED) is 0.835. The smallest absolute Gasteiger partial charge is 0.253 e. The van der Waals surface area contributed by atoms with Crippen LogP contribution in [0.4, 0.5) is 0 Å². The summed E-state index contributed by atoms with van der Waals surface area (Å²) in [6.45, 7) is 3.87. The Balaban J connectivity index is 2.18. The van der Waals surface area contributed by atoms with Crippen LogP contribution in [0.2, 0.25) is 0 Å². The van der Waals surface area contributed by atoms with Gasteiger partial charge in [-0.05, 0) is 43.0 Å². The van der Waals surface area contributed by atoms with Gasteiger partial charge >= 0.3 is 0 Å². The Hall–Kier alpha value is -1.51. The Bertz CT molecular complexity index is 434. The third-order valence-corrected chi connectivity index (χ3v) is 3.80. The average molecular weight is 261 g/mol. The number of amides is 1. The van der Waals surface area contributed by atoms with Crippen LogP contribution in [0, 0.1) is 0 Å². The van der Waals surface area contributed by atoms with Crippen LogP contribution in [0.1, 0.15) is 48.5 Å². The fourth-order valence-corrected chi connectivity index (χ4v) is 2.64. The average Bonchev–Trinajstić information content (AvgIpc) is 2.74. The van der Waals surface area contributed by atoms with Crippen molar-refractivity contribution in [3.63, 3.8) is 0 Å². The van der Waals surface area contributed by atoms with Crippen molar-refractivity contribution in [2.24, 2.45) is 0 Å². The van der Waals surface area contributed by atoms with E-state index in [1.807, 2.05) is 23.1 Å². The molecule has 1 saturated heterocycles. The fraction of sp³-hybridized carbons (Fsp3) is 0.562. The lowest BCUT2D eigenvalue weighted by molar-refractivity contribution is 0.0761. The minimum Gasteiger partial charge on any atom is -0.496 e. The Morgan fingerprint density at radius 3 is 2.47 bits per heavy atom. The Morgan fingerprint density at radius 1 is 1.21 bits per heavy atom. The first-order valence-corrected chi connectivity index (χ1v) is 7.22. The number of likely N-dealkylation sites (tertiary alicyclic amines) is 1. The lowest BCUT2D eigenvalue weighted by Crippen LogP contribution is -2.31. The van der Waals surface area contributed by atoms with E-state index in [2.05, 4.69) is 6.92 Å². The second-order valence-corrected chi connectivity index (χ2v) is 5.09. The van der Waals surface area contributed by atoms with E-state index in [1.54, 1.807) is 7.11 Å². The number of rotatable bonds is 3. The zero-order chi connectivity index (χ0) is 13.7. The summed E-state index contributed by atoms with van der Waals surface area (Å²) in [7, 11) is 1.67. The molecule has 1 aliphatic rings. The van der Waals surface area contributed by atoms with Crippen molar-refractivity contribution in [1.29, 1.82) is 0 Å². The molecule has 104 valence electrons. The Morgan fingerprint density at radius 2 is 1.89 bits per heavy atom. The summed E-state index contributed by atoms with van der Waals surface area (Å²) in [5, 5.41) is 0. The van der Waals surface area contributed by atoms with Gasteiger partial charge in [0.1, 0.15) is 5.75 Å². The molecule has 0 unspecified atom stereocenters. The van der Waals surface area contributed by atoms with Gasteiger partial charge in [0.15, 0.2) is 0 Å². The van der Waals surface area contributed by atoms with Gasteiger partial charge in [-0.15, -0.1) is 0 Å². The number of aryl methyl sites for hydroxylation is 1. The van der Waals surface area contributed by atoms with E-state index in [4.69, 9.17) is 4.74 Å². The molecule has 0 radical (unpaired) electrons. The summed E-state index contributed by atoms with van der Waals surface area (Å²) >= 11 is 0. The Labute approximate surface area is 115 Å². The van der Waals surface area contributed by atoms with Crippen molar-refractivity contribution in [3.8, 4) is 5.75 Å². The number of hydrogen-bond acceptors (Lipinski definition) is 2. The van der Waals surface area contributed by atoms with Gasteiger partial charge in [0.05, 0.1) is 7.11 Å². The summed E-state index contributed by atoms with van der Waals surface area (Å²) < 4.78 is 5.31. The molecule has 1 fully saturated rings. The van der Waals surface area contributed by atoms with Crippen LogP contribution in [0.15, 0.2) is 18.2 Å². The van der Waals surface area contributed by atoms with Gasteiger partial charge in [-0.2, -0.15) is 0 Å². The van der Waals surface area contributed by atoms with Crippen molar-refractivity contribution in [3.05, 3.63) is 29.3 Å². The van der Waals surface area contributed by atoms with Crippen LogP contribution in [0.25, 0.3) is 0 Å². The summed E-state index contributed by atoms with van der Waals surface area (Å²) in [4.78, 5) is 14.5. The second kappa shape index (κ2) is 6.60. The number of ether oxygens (including phenoxy) is 1. The number of nitrogens with zero attached hydrogens (tertiary/aromatic N) is 1. The summed E-state index contributed by atoms with van der Waals surface area (Å²) in [6.07, 6.45) is 5.62. The normalized spacial score (nSPS) is 16.0. The summed E-state index contributed by atoms with van der Waals surface area (Å²) in [6, 6.07) is 5.77. The van der Waals surface area contributed by atoms with E-state index in [-0.39, 0.29) is 5.91 Å². The molecule has 1 aromatic rings. The SMILES string of the molecule is CCc1cc(C(=O)N2CCCCCC2)ccc1OC. The van der Waals surface area contributed by atoms with Crippen molar-refractivity contribution in [2.75, 3.05) is 20.2 Å². The molecule has 0 bridgehead atoms. The van der Waals surface area contributed by atoms with Gasteiger partial charge in [-0.3, -0.25) is 4.79 Å². The standard InChI is InChI=1S/C16H23NO2/c1-3-13-12-14(8-9-15(13)19-2)16(18)17-10-6-4-5-7-11-17/h8-9,12H,3-7,10-11H2,1-2H3. The monoisotopic (exact) mass is 261 g/mol. The van der Waals surface area contributed by atoms with Crippen molar-refractivity contribution in [2.45, 2.75) is 39.0 Å². The van der Waals surface area contributed by atoms with Gasteiger partial charge < -0.3 is 9.64 Å². The molecular formula is C16H23NO2. The number of carbonyl (C=O) groups excluding carboxylic acids is 1. The number of hydrogen-bond donors (Lipinski definition) is 0. The first-order chi connectivity index (χ1) is 9.26. The minimum absolute atomic E-state index is 0.166. The van der Waals surface area contributed by atoms with Gasteiger partial charge in [-0.25, -0.2) is 0 Å². The van der Waals surface area contributed by atoms with E-state index in [9.17, 15) is 4.79 Å². The number of carbonyl (C=O) groups is 1. The van der Waals surface area contributed by atoms with Gasteiger partial charge in [0.25, 0.3) is 5.91 Å². The second-order valence-electron chi connectivity index (χ2n) is 5.09. The van der Waals surface area contributed by atoms with Crippen molar-refractivity contribution >= 4 is 5.91 Å². The maximum atomic E-state index is 12.5. The van der Waals surface area contributed by atoms with Crippen LogP contribution in [0.5, 0.6) is 5.75 Å². The molecule has 19 heavy (non-hydrogen) atoms. The molecule has 3 heteroatoms. The van der Waals surface area contributed by atoms with Crippen molar-refractivity contribution in [1.82, 2.24) is 4.90 Å². The molecule has 1 amide bonds. The highest BCUT2D eigenvalue weighted by Gasteiger charge is 2.18. The Kier molecular flexibility index (Phi) is 4.83. The lowest BCUT2D eigenvalue weighted by Gasteiger charge is -2.21. The van der Waals surface area contributed by atoms with Gasteiger partial charge in [0.2, 0.25) is 0 Å². The molecule has 1 aromatic carbocycles. The fourth-order valence-electron chi connectivity index (χ4n) is 2.64. The molecular weight excluding hydrogens is 238 g/mol. The first-order valence-electron chi connectivity index (χ1n) is 7.22. The van der Waals surface area contributed by atoms with E-state index in [0.29, 0.717) is 0 Å². The van der Waals surface area contributed by atoms with Crippen LogP contribution in [0.3, 0.4) is 0 Å². The minimum atomic E-state index is 0.166. The van der Waals surface area contributed by atoms with Gasteiger partial charge in [0, 0.05) is 18.7 Å². The third kappa shape index (κ3) is 3.28. The zero-order valence-electron chi connectivity index (χ0n) is 11.9. The van der Waals surface area contributed by atoms with E-state index in [0.717, 1.165) is 49.2 Å². The maximum absolute atomic E-state index is 12.5. The van der Waals surface area contributed by atoms with Crippen LogP contribution < -0.4 is 4.74 Å². The van der Waals surface area contributed by atoms with E-state index in [1.165, 1.54) is 12.8 Å². The molecule has 0 aliphatic carbocycles. The molecule has 3 nitrogen and oxygen atoms in total. The highest BCUT2D eigenvalue weighted by atomic mass is 16.5. The predicted molar refractivity (Wildman–Crippen MR) is 76.7 cm³/mol. The van der Waals surface area contributed by atoms with Crippen LogP contribution in [-0.4, -0.2) is 31.0 Å². The number of benzene rings is 1. The molecule has 0 saturated carbocycles. The number of methoxy groups -OCH3 is 1. The predicted octanol–water partition coefficient (Wildman–Crippen LogP) is 3.27. The maximum Gasteiger partial charge on any atom is 0.253 e. The third-order valence-electron chi connectivity index (χ3n) is 3.80. The first kappa shape index (κ1) is 13.9. The molecule has 0 atom stereocenters. The summed E-state index contributed by atoms with van der Waals surface area (Å²) in [5.74, 6) is 1.04. The molecule has 0 aromatic heterocycles. The lowest BCUT2D eigenvalue weighted by atomic mass is 10.1. The zero-order valence-corrected chi connectivity index (χ0v) is 11.9.